The van der Waals surface area contributed by atoms with Crippen LogP contribution in [0, 0.1) is 0 Å². The Morgan fingerprint density at radius 2 is 1.88 bits per heavy atom. The summed E-state index contributed by atoms with van der Waals surface area (Å²) >= 11 is 0. The third kappa shape index (κ3) is 4.15. The van der Waals surface area contributed by atoms with Crippen molar-refractivity contribution in [3.8, 4) is 11.5 Å². The molecule has 8 heteroatoms. The Labute approximate surface area is 140 Å². The average molecular weight is 344 g/mol. The van der Waals surface area contributed by atoms with Gasteiger partial charge in [-0.3, -0.25) is 0 Å². The molecule has 8 nitrogen and oxygen atoms in total. The van der Waals surface area contributed by atoms with Gasteiger partial charge < -0.3 is 39.4 Å². The topological polar surface area (TPSA) is 118 Å². The maximum absolute atomic E-state index is 10.0. The predicted octanol–water partition coefficient (Wildman–Crippen LogP) is -0.590. The summed E-state index contributed by atoms with van der Waals surface area (Å²) in [7, 11) is 1.52. The Hall–Kier alpha value is -1.42. The molecule has 24 heavy (non-hydrogen) atoms. The number of benzene rings is 1. The van der Waals surface area contributed by atoms with Crippen molar-refractivity contribution in [1.82, 2.24) is 0 Å². The van der Waals surface area contributed by atoms with Crippen molar-refractivity contribution >= 4 is 0 Å². The molecule has 0 saturated carbocycles. The molecular weight excluding hydrogens is 320 g/mol. The van der Waals surface area contributed by atoms with E-state index in [1.165, 1.54) is 7.11 Å². The summed E-state index contributed by atoms with van der Waals surface area (Å²) in [5.74, 6) is 1.14. The maximum Gasteiger partial charge on any atom is 0.184 e. The molecule has 0 spiro atoms. The van der Waals surface area contributed by atoms with Crippen LogP contribution in [0.3, 0.4) is 0 Å². The smallest absolute Gasteiger partial charge is 0.184 e. The zero-order valence-electron chi connectivity index (χ0n) is 13.7. The molecule has 0 radical (unpaired) electrons. The van der Waals surface area contributed by atoms with Crippen molar-refractivity contribution in [3.63, 3.8) is 0 Å². The second-order valence-corrected chi connectivity index (χ2v) is 5.42. The second-order valence-electron chi connectivity index (χ2n) is 5.42. The van der Waals surface area contributed by atoms with Gasteiger partial charge in [0.2, 0.25) is 0 Å². The van der Waals surface area contributed by atoms with E-state index in [9.17, 15) is 15.3 Å². The first-order valence-corrected chi connectivity index (χ1v) is 7.73. The van der Waals surface area contributed by atoms with Gasteiger partial charge in [-0.25, -0.2) is 0 Å². The molecule has 0 aliphatic carbocycles. The summed E-state index contributed by atoms with van der Waals surface area (Å²) < 4.78 is 21.2. The normalized spacial score (nSPS) is 30.2. The molecule has 0 aromatic heterocycles. The molecule has 1 heterocycles. The average Bonchev–Trinajstić information content (AvgIpc) is 2.59. The summed E-state index contributed by atoms with van der Waals surface area (Å²) in [6.07, 6.45) is -6.38. The maximum atomic E-state index is 10.0. The van der Waals surface area contributed by atoms with Crippen molar-refractivity contribution in [3.05, 3.63) is 23.8 Å². The first-order valence-electron chi connectivity index (χ1n) is 7.73. The first kappa shape index (κ1) is 18.9. The van der Waals surface area contributed by atoms with Gasteiger partial charge in [-0.1, -0.05) is 6.07 Å². The van der Waals surface area contributed by atoms with E-state index >= 15 is 0 Å². The lowest BCUT2D eigenvalue weighted by molar-refractivity contribution is -0.298. The predicted molar refractivity (Wildman–Crippen MR) is 82.7 cm³/mol. The SMILES string of the molecule is CCOc1ccc(CO[C@@H]2[C@@H](O)[C@H](O)[C@@H](CO)O[C@H]2O)cc1OC. The lowest BCUT2D eigenvalue weighted by Crippen LogP contribution is -2.59. The highest BCUT2D eigenvalue weighted by Gasteiger charge is 2.44. The summed E-state index contributed by atoms with van der Waals surface area (Å²) in [6.45, 7) is 1.92. The van der Waals surface area contributed by atoms with Crippen LogP contribution in [0.25, 0.3) is 0 Å². The van der Waals surface area contributed by atoms with Gasteiger partial charge in [-0.15, -0.1) is 0 Å². The number of aliphatic hydroxyl groups excluding tert-OH is 4. The highest BCUT2D eigenvalue weighted by Crippen LogP contribution is 2.29. The quantitative estimate of drug-likeness (QED) is 0.518. The molecule has 5 atom stereocenters. The summed E-state index contributed by atoms with van der Waals surface area (Å²) in [5.41, 5.74) is 0.730. The molecule has 0 amide bonds. The number of rotatable bonds is 7. The van der Waals surface area contributed by atoms with E-state index < -0.39 is 37.3 Å². The van der Waals surface area contributed by atoms with E-state index in [0.717, 1.165) is 5.56 Å². The molecule has 1 saturated heterocycles. The van der Waals surface area contributed by atoms with Gasteiger partial charge in [0.1, 0.15) is 24.4 Å². The number of hydrogen-bond acceptors (Lipinski definition) is 8. The van der Waals surface area contributed by atoms with Crippen LogP contribution in [0.2, 0.25) is 0 Å². The van der Waals surface area contributed by atoms with Crippen molar-refractivity contribution in [2.24, 2.45) is 0 Å². The van der Waals surface area contributed by atoms with Crippen LogP contribution in [0.1, 0.15) is 12.5 Å². The van der Waals surface area contributed by atoms with Gasteiger partial charge in [0.05, 0.1) is 26.9 Å². The third-order valence-corrected chi connectivity index (χ3v) is 3.81. The monoisotopic (exact) mass is 344 g/mol. The van der Waals surface area contributed by atoms with Crippen LogP contribution in [-0.4, -0.2) is 71.5 Å². The van der Waals surface area contributed by atoms with Gasteiger partial charge in [-0.2, -0.15) is 0 Å². The highest BCUT2D eigenvalue weighted by molar-refractivity contribution is 5.42. The molecule has 0 bridgehead atoms. The van der Waals surface area contributed by atoms with Gasteiger partial charge in [0.25, 0.3) is 0 Å². The molecule has 2 rings (SSSR count). The van der Waals surface area contributed by atoms with Gasteiger partial charge in [-0.05, 0) is 24.6 Å². The Morgan fingerprint density at radius 3 is 2.50 bits per heavy atom. The fraction of sp³-hybridized carbons (Fsp3) is 0.625. The van der Waals surface area contributed by atoms with Crippen molar-refractivity contribution < 1.29 is 39.4 Å². The van der Waals surface area contributed by atoms with Crippen LogP contribution >= 0.6 is 0 Å². The number of methoxy groups -OCH3 is 1. The second kappa shape index (κ2) is 8.61. The van der Waals surface area contributed by atoms with E-state index in [1.807, 2.05) is 6.92 Å². The first-order chi connectivity index (χ1) is 11.5. The minimum absolute atomic E-state index is 0.0570. The summed E-state index contributed by atoms with van der Waals surface area (Å²) in [6, 6.07) is 5.23. The van der Waals surface area contributed by atoms with Crippen molar-refractivity contribution in [2.45, 2.75) is 44.2 Å². The molecule has 4 N–H and O–H groups in total. The van der Waals surface area contributed by atoms with E-state index in [2.05, 4.69) is 0 Å². The fourth-order valence-electron chi connectivity index (χ4n) is 2.52. The number of hydrogen-bond donors (Lipinski definition) is 4. The Kier molecular flexibility index (Phi) is 6.79. The zero-order valence-corrected chi connectivity index (χ0v) is 13.7. The van der Waals surface area contributed by atoms with Gasteiger partial charge in [0.15, 0.2) is 17.8 Å². The molecule has 0 unspecified atom stereocenters. The van der Waals surface area contributed by atoms with Gasteiger partial charge in [0, 0.05) is 0 Å². The van der Waals surface area contributed by atoms with Gasteiger partial charge >= 0.3 is 0 Å². The standard InChI is InChI=1S/C16H24O8/c1-3-22-10-5-4-9(6-11(10)21-2)8-23-15-14(19)13(18)12(7-17)24-16(15)20/h4-6,12-20H,3,7-8H2,1-2H3/t12-,13-,14+,15-,16-/m1/s1. The number of aliphatic hydroxyl groups is 4. The Balaban J connectivity index is 2.02. The number of ether oxygens (including phenoxy) is 4. The zero-order chi connectivity index (χ0) is 17.7. The molecule has 1 aliphatic rings. The lowest BCUT2D eigenvalue weighted by Gasteiger charge is -2.39. The van der Waals surface area contributed by atoms with E-state index in [-0.39, 0.29) is 6.61 Å². The lowest BCUT2D eigenvalue weighted by atomic mass is 9.99. The van der Waals surface area contributed by atoms with Crippen molar-refractivity contribution in [2.75, 3.05) is 20.3 Å². The molecule has 1 aliphatic heterocycles. The van der Waals surface area contributed by atoms with Crippen LogP contribution in [0.4, 0.5) is 0 Å². The minimum atomic E-state index is -1.45. The van der Waals surface area contributed by atoms with E-state index in [4.69, 9.17) is 24.1 Å². The third-order valence-electron chi connectivity index (χ3n) is 3.81. The largest absolute Gasteiger partial charge is 0.493 e. The van der Waals surface area contributed by atoms with Crippen molar-refractivity contribution in [1.29, 1.82) is 0 Å². The van der Waals surface area contributed by atoms with Crippen LogP contribution in [0.5, 0.6) is 11.5 Å². The van der Waals surface area contributed by atoms with E-state index in [1.54, 1.807) is 18.2 Å². The Bertz CT molecular complexity index is 523. The molecule has 1 aromatic carbocycles. The van der Waals surface area contributed by atoms with Crippen LogP contribution in [0.15, 0.2) is 18.2 Å². The summed E-state index contributed by atoms with van der Waals surface area (Å²) in [4.78, 5) is 0. The highest BCUT2D eigenvalue weighted by atomic mass is 16.7. The van der Waals surface area contributed by atoms with E-state index in [0.29, 0.717) is 18.1 Å². The molecular formula is C16H24O8. The van der Waals surface area contributed by atoms with Crippen LogP contribution < -0.4 is 9.47 Å². The molecule has 136 valence electrons. The fourth-order valence-corrected chi connectivity index (χ4v) is 2.52. The molecule has 1 fully saturated rings. The Morgan fingerprint density at radius 1 is 1.12 bits per heavy atom. The molecule has 1 aromatic rings. The summed E-state index contributed by atoms with van der Waals surface area (Å²) in [5, 5.41) is 38.8. The minimum Gasteiger partial charge on any atom is -0.493 e. The van der Waals surface area contributed by atoms with Crippen LogP contribution in [-0.2, 0) is 16.1 Å².